The lowest BCUT2D eigenvalue weighted by molar-refractivity contribution is -0.143. The molecule has 0 spiro atoms. The fourth-order valence-corrected chi connectivity index (χ4v) is 2.75. The molecule has 0 atom stereocenters. The number of aliphatic hydroxyl groups is 1. The number of nitrogens with zero attached hydrogens (tertiary/aromatic N) is 2. The first-order valence-electron chi connectivity index (χ1n) is 7.84. The third kappa shape index (κ3) is 5.03. The van der Waals surface area contributed by atoms with E-state index in [1.54, 1.807) is 0 Å². The standard InChI is InChI=1S/C16H18F6N2O2/c1-23(14(26)24-4-2-13(25)3-5-24)9-10-6-11(15(17,18)19)8-12(7-10)16(20,21)22/h6-8,13,25H,2-5,9H2,1H3. The van der Waals surface area contributed by atoms with Gasteiger partial charge in [-0.05, 0) is 36.6 Å². The molecule has 0 radical (unpaired) electrons. The predicted octanol–water partition coefficient (Wildman–Crippen LogP) is 3.73. The van der Waals surface area contributed by atoms with E-state index >= 15 is 0 Å². The number of carbonyl (C=O) groups is 1. The van der Waals surface area contributed by atoms with Crippen molar-refractivity contribution in [3.8, 4) is 0 Å². The van der Waals surface area contributed by atoms with Crippen molar-refractivity contribution in [2.45, 2.75) is 37.8 Å². The zero-order chi connectivity index (χ0) is 19.7. The summed E-state index contributed by atoms with van der Waals surface area (Å²) in [6, 6.07) is 0.762. The van der Waals surface area contributed by atoms with E-state index in [1.807, 2.05) is 0 Å². The van der Waals surface area contributed by atoms with Crippen LogP contribution in [0.3, 0.4) is 0 Å². The lowest BCUT2D eigenvalue weighted by Crippen LogP contribution is -2.45. The Morgan fingerprint density at radius 3 is 1.96 bits per heavy atom. The smallest absolute Gasteiger partial charge is 0.393 e. The highest BCUT2D eigenvalue weighted by Crippen LogP contribution is 2.36. The van der Waals surface area contributed by atoms with Gasteiger partial charge in [-0.25, -0.2) is 4.79 Å². The van der Waals surface area contributed by atoms with E-state index in [0.717, 1.165) is 4.90 Å². The fraction of sp³-hybridized carbons (Fsp3) is 0.562. The Balaban J connectivity index is 2.20. The molecule has 0 saturated carbocycles. The summed E-state index contributed by atoms with van der Waals surface area (Å²) in [5, 5.41) is 9.43. The SMILES string of the molecule is CN(Cc1cc(C(F)(F)F)cc(C(F)(F)F)c1)C(=O)N1CCC(O)CC1. The van der Waals surface area contributed by atoms with Gasteiger partial charge < -0.3 is 14.9 Å². The number of alkyl halides is 6. The molecule has 2 amide bonds. The maximum atomic E-state index is 12.9. The molecule has 0 aliphatic carbocycles. The summed E-state index contributed by atoms with van der Waals surface area (Å²) >= 11 is 0. The Labute approximate surface area is 146 Å². The van der Waals surface area contributed by atoms with E-state index < -0.39 is 42.2 Å². The topological polar surface area (TPSA) is 43.8 Å². The van der Waals surface area contributed by atoms with Gasteiger partial charge in [0.25, 0.3) is 0 Å². The number of aliphatic hydroxyl groups excluding tert-OH is 1. The van der Waals surface area contributed by atoms with E-state index in [0.29, 0.717) is 25.0 Å². The molecule has 146 valence electrons. The summed E-state index contributed by atoms with van der Waals surface area (Å²) in [6.07, 6.45) is -9.62. The lowest BCUT2D eigenvalue weighted by atomic mass is 10.0. The molecule has 1 aliphatic heterocycles. The Bertz CT molecular complexity index is 619. The molecule has 0 aromatic heterocycles. The van der Waals surface area contributed by atoms with Crippen LogP contribution in [-0.4, -0.2) is 47.2 Å². The van der Waals surface area contributed by atoms with Gasteiger partial charge in [-0.15, -0.1) is 0 Å². The van der Waals surface area contributed by atoms with Crippen LogP contribution in [0.1, 0.15) is 29.5 Å². The van der Waals surface area contributed by atoms with E-state index in [4.69, 9.17) is 0 Å². The number of benzene rings is 1. The van der Waals surface area contributed by atoms with Crippen LogP contribution in [0.2, 0.25) is 0 Å². The number of carbonyl (C=O) groups excluding carboxylic acids is 1. The first kappa shape index (κ1) is 20.3. The van der Waals surface area contributed by atoms with Gasteiger partial charge in [0.2, 0.25) is 0 Å². The average molecular weight is 384 g/mol. The number of amides is 2. The largest absolute Gasteiger partial charge is 0.416 e. The van der Waals surface area contributed by atoms with Gasteiger partial charge in [0.05, 0.1) is 17.2 Å². The molecule has 1 aromatic carbocycles. The number of hydrogen-bond acceptors (Lipinski definition) is 2. The van der Waals surface area contributed by atoms with Gasteiger partial charge in [-0.1, -0.05) is 0 Å². The zero-order valence-corrected chi connectivity index (χ0v) is 13.9. The van der Waals surface area contributed by atoms with Crippen molar-refractivity contribution in [3.63, 3.8) is 0 Å². The second-order valence-corrected chi connectivity index (χ2v) is 6.27. The second kappa shape index (κ2) is 7.34. The molecule has 4 nitrogen and oxygen atoms in total. The van der Waals surface area contributed by atoms with Crippen LogP contribution in [0.4, 0.5) is 31.1 Å². The van der Waals surface area contributed by atoms with Gasteiger partial charge in [0.15, 0.2) is 0 Å². The summed E-state index contributed by atoms with van der Waals surface area (Å²) in [4.78, 5) is 14.8. The van der Waals surface area contributed by atoms with Gasteiger partial charge in [-0.3, -0.25) is 0 Å². The number of rotatable bonds is 2. The molecule has 1 N–H and O–H groups in total. The summed E-state index contributed by atoms with van der Waals surface area (Å²) in [7, 11) is 1.31. The third-order valence-electron chi connectivity index (χ3n) is 4.13. The van der Waals surface area contributed by atoms with Crippen molar-refractivity contribution in [2.24, 2.45) is 0 Å². The van der Waals surface area contributed by atoms with Crippen LogP contribution in [-0.2, 0) is 18.9 Å². The minimum atomic E-state index is -4.93. The molecule has 1 aliphatic rings. The Morgan fingerprint density at radius 1 is 1.08 bits per heavy atom. The first-order valence-corrected chi connectivity index (χ1v) is 7.84. The summed E-state index contributed by atoms with van der Waals surface area (Å²) < 4.78 is 77.3. The van der Waals surface area contributed by atoms with Gasteiger partial charge in [0, 0.05) is 26.7 Å². The molecule has 1 aromatic rings. The lowest BCUT2D eigenvalue weighted by Gasteiger charge is -2.33. The highest BCUT2D eigenvalue weighted by atomic mass is 19.4. The number of halogens is 6. The monoisotopic (exact) mass is 384 g/mol. The van der Waals surface area contributed by atoms with E-state index in [1.165, 1.54) is 11.9 Å². The molecule has 26 heavy (non-hydrogen) atoms. The Hall–Kier alpha value is -1.97. The molecule has 1 heterocycles. The number of piperidine rings is 1. The van der Waals surface area contributed by atoms with Crippen molar-refractivity contribution in [1.29, 1.82) is 0 Å². The first-order chi connectivity index (χ1) is 11.9. The maximum absolute atomic E-state index is 12.9. The highest BCUT2D eigenvalue weighted by Gasteiger charge is 2.37. The Kier molecular flexibility index (Phi) is 5.74. The average Bonchev–Trinajstić information content (AvgIpc) is 2.53. The van der Waals surface area contributed by atoms with E-state index in [9.17, 15) is 36.2 Å². The van der Waals surface area contributed by atoms with Crippen LogP contribution in [0, 0.1) is 0 Å². The van der Waals surface area contributed by atoms with Gasteiger partial charge in [-0.2, -0.15) is 26.3 Å². The van der Waals surface area contributed by atoms with Crippen LogP contribution in [0.15, 0.2) is 18.2 Å². The van der Waals surface area contributed by atoms with Gasteiger partial charge in [0.1, 0.15) is 0 Å². The second-order valence-electron chi connectivity index (χ2n) is 6.27. The summed E-state index contributed by atoms with van der Waals surface area (Å²) in [6.45, 7) is 0.159. The van der Waals surface area contributed by atoms with Crippen LogP contribution in [0.25, 0.3) is 0 Å². The molecular weight excluding hydrogens is 366 g/mol. The van der Waals surface area contributed by atoms with Crippen molar-refractivity contribution in [1.82, 2.24) is 9.80 Å². The number of hydrogen-bond donors (Lipinski definition) is 1. The minimum Gasteiger partial charge on any atom is -0.393 e. The highest BCUT2D eigenvalue weighted by molar-refractivity contribution is 5.74. The summed E-state index contributed by atoms with van der Waals surface area (Å²) in [5.74, 6) is 0. The predicted molar refractivity (Wildman–Crippen MR) is 80.1 cm³/mol. The molecule has 1 saturated heterocycles. The van der Waals surface area contributed by atoms with Crippen LogP contribution >= 0.6 is 0 Å². The van der Waals surface area contributed by atoms with Crippen molar-refractivity contribution < 1.29 is 36.2 Å². The molecule has 0 bridgehead atoms. The van der Waals surface area contributed by atoms with Gasteiger partial charge >= 0.3 is 18.4 Å². The number of likely N-dealkylation sites (tertiary alicyclic amines) is 1. The van der Waals surface area contributed by atoms with Crippen molar-refractivity contribution in [2.75, 3.05) is 20.1 Å². The summed E-state index contributed by atoms with van der Waals surface area (Å²) in [5.41, 5.74) is -3.09. The van der Waals surface area contributed by atoms with Crippen molar-refractivity contribution >= 4 is 6.03 Å². The quantitative estimate of drug-likeness (QED) is 0.790. The van der Waals surface area contributed by atoms with E-state index in [2.05, 4.69) is 0 Å². The Morgan fingerprint density at radius 2 is 1.54 bits per heavy atom. The fourth-order valence-electron chi connectivity index (χ4n) is 2.75. The molecule has 2 rings (SSSR count). The zero-order valence-electron chi connectivity index (χ0n) is 13.9. The molecule has 1 fully saturated rings. The molecule has 10 heteroatoms. The minimum absolute atomic E-state index is 0.0529. The van der Waals surface area contributed by atoms with Crippen molar-refractivity contribution in [3.05, 3.63) is 34.9 Å². The van der Waals surface area contributed by atoms with Crippen LogP contribution < -0.4 is 0 Å². The van der Waals surface area contributed by atoms with Crippen LogP contribution in [0.5, 0.6) is 0 Å². The van der Waals surface area contributed by atoms with E-state index in [-0.39, 0.29) is 24.7 Å². The molecule has 0 unspecified atom stereocenters. The normalized spacial score (nSPS) is 16.7. The molecular formula is C16H18F6N2O2. The maximum Gasteiger partial charge on any atom is 0.416 e. The third-order valence-corrected chi connectivity index (χ3v) is 4.13. The number of urea groups is 1.